The highest BCUT2D eigenvalue weighted by molar-refractivity contribution is 6.22. The van der Waals surface area contributed by atoms with Crippen molar-refractivity contribution in [3.05, 3.63) is 224 Å². The number of allylic oxidation sites excluding steroid dienone is 1. The molecule has 1 heterocycles. The molecular formula is C57H44N2. The summed E-state index contributed by atoms with van der Waals surface area (Å²) in [6.07, 6.45) is 6.84. The van der Waals surface area contributed by atoms with Crippen LogP contribution in [0.1, 0.15) is 25.3 Å². The van der Waals surface area contributed by atoms with Crippen molar-refractivity contribution in [2.45, 2.75) is 31.2 Å². The molecule has 0 saturated carbocycles. The zero-order chi connectivity index (χ0) is 39.3. The van der Waals surface area contributed by atoms with E-state index < -0.39 is 0 Å². The molecule has 0 aliphatic heterocycles. The van der Waals surface area contributed by atoms with Crippen LogP contribution in [0.2, 0.25) is 0 Å². The molecule has 0 N–H and O–H groups in total. The molecule has 9 aromatic carbocycles. The monoisotopic (exact) mass is 756 g/mol. The van der Waals surface area contributed by atoms with Gasteiger partial charge in [-0.15, -0.1) is 0 Å². The van der Waals surface area contributed by atoms with Gasteiger partial charge in [0.1, 0.15) is 0 Å². The van der Waals surface area contributed by atoms with E-state index in [1.165, 1.54) is 88.2 Å². The van der Waals surface area contributed by atoms with E-state index in [-0.39, 0.29) is 11.5 Å². The maximum atomic E-state index is 2.61. The second kappa shape index (κ2) is 14.3. The molecule has 59 heavy (non-hydrogen) atoms. The zero-order valence-corrected chi connectivity index (χ0v) is 33.2. The summed E-state index contributed by atoms with van der Waals surface area (Å²) in [5.41, 5.74) is 12.1. The van der Waals surface area contributed by atoms with Crippen LogP contribution >= 0.6 is 0 Å². The Hall–Kier alpha value is -7.16. The van der Waals surface area contributed by atoms with Crippen molar-refractivity contribution >= 4 is 54.7 Å². The second-order valence-corrected chi connectivity index (χ2v) is 16.3. The molecule has 0 bridgehead atoms. The minimum absolute atomic E-state index is 0.203. The summed E-state index contributed by atoms with van der Waals surface area (Å²) < 4.78 is 2.47. The number of rotatable bonds is 7. The molecule has 0 radical (unpaired) electrons. The predicted molar refractivity (Wildman–Crippen MR) is 251 cm³/mol. The molecular weight excluding hydrogens is 713 g/mol. The van der Waals surface area contributed by atoms with E-state index in [2.05, 4.69) is 235 Å². The molecule has 0 saturated heterocycles. The average molecular weight is 757 g/mol. The summed E-state index contributed by atoms with van der Waals surface area (Å²) in [4.78, 5) is 2.61. The molecule has 1 aromatic heterocycles. The van der Waals surface area contributed by atoms with E-state index in [1.54, 1.807) is 0 Å². The van der Waals surface area contributed by atoms with Crippen molar-refractivity contribution in [1.82, 2.24) is 4.57 Å². The molecule has 1 aliphatic carbocycles. The van der Waals surface area contributed by atoms with Gasteiger partial charge < -0.3 is 9.47 Å². The zero-order valence-electron chi connectivity index (χ0n) is 33.2. The lowest BCUT2D eigenvalue weighted by Crippen LogP contribution is -2.39. The quantitative estimate of drug-likeness (QED) is 0.147. The maximum absolute atomic E-state index is 2.61. The average Bonchev–Trinajstić information content (AvgIpc) is 3.65. The van der Waals surface area contributed by atoms with E-state index in [4.69, 9.17) is 0 Å². The van der Waals surface area contributed by atoms with Crippen LogP contribution in [-0.4, -0.2) is 10.6 Å². The van der Waals surface area contributed by atoms with Crippen molar-refractivity contribution in [3.8, 4) is 27.9 Å². The van der Waals surface area contributed by atoms with Crippen molar-refractivity contribution in [3.63, 3.8) is 0 Å². The van der Waals surface area contributed by atoms with Gasteiger partial charge in [-0.25, -0.2) is 0 Å². The first-order chi connectivity index (χ1) is 29.1. The van der Waals surface area contributed by atoms with Gasteiger partial charge in [-0.2, -0.15) is 0 Å². The van der Waals surface area contributed by atoms with E-state index in [0.29, 0.717) is 0 Å². The Morgan fingerprint density at radius 1 is 0.492 bits per heavy atom. The molecule has 0 spiro atoms. The summed E-state index contributed by atoms with van der Waals surface area (Å²) in [5, 5.41) is 7.76. The van der Waals surface area contributed by atoms with E-state index >= 15 is 0 Å². The van der Waals surface area contributed by atoms with Gasteiger partial charge in [0.2, 0.25) is 0 Å². The first-order valence-corrected chi connectivity index (χ1v) is 20.8. The fraction of sp³-hybridized carbons (Fsp3) is 0.0877. The van der Waals surface area contributed by atoms with E-state index in [1.807, 2.05) is 0 Å². The number of nitrogens with zero attached hydrogens (tertiary/aromatic N) is 2. The maximum Gasteiger partial charge on any atom is 0.0547 e. The topological polar surface area (TPSA) is 8.17 Å². The minimum atomic E-state index is -0.243. The Balaban J connectivity index is 1.07. The normalized spacial score (nSPS) is 16.6. The van der Waals surface area contributed by atoms with Crippen LogP contribution in [-0.2, 0) is 5.41 Å². The van der Waals surface area contributed by atoms with Crippen LogP contribution < -0.4 is 4.90 Å². The minimum Gasteiger partial charge on any atom is -0.338 e. The Morgan fingerprint density at radius 2 is 1.14 bits per heavy atom. The smallest absolute Gasteiger partial charge is 0.0547 e. The molecule has 2 atom stereocenters. The largest absolute Gasteiger partial charge is 0.338 e. The van der Waals surface area contributed by atoms with Crippen molar-refractivity contribution in [2.24, 2.45) is 0 Å². The Labute approximate surface area is 345 Å². The van der Waals surface area contributed by atoms with Gasteiger partial charge in [-0.05, 0) is 111 Å². The number of hydrogen-bond acceptors (Lipinski definition) is 1. The van der Waals surface area contributed by atoms with Gasteiger partial charge in [-0.1, -0.05) is 177 Å². The number of benzene rings is 9. The highest BCUT2D eigenvalue weighted by atomic mass is 15.2. The number of hydrogen-bond donors (Lipinski definition) is 0. The molecule has 2 unspecified atom stereocenters. The third-order valence-electron chi connectivity index (χ3n) is 12.7. The molecule has 282 valence electrons. The molecule has 0 fully saturated rings. The van der Waals surface area contributed by atoms with Crippen LogP contribution in [0.5, 0.6) is 0 Å². The van der Waals surface area contributed by atoms with Gasteiger partial charge >= 0.3 is 0 Å². The third kappa shape index (κ3) is 6.03. The summed E-state index contributed by atoms with van der Waals surface area (Å²) in [6.45, 7) is 2.46. The fourth-order valence-electron chi connectivity index (χ4n) is 10.00. The van der Waals surface area contributed by atoms with Gasteiger partial charge in [0.05, 0.1) is 11.0 Å². The fourth-order valence-corrected chi connectivity index (χ4v) is 10.00. The first kappa shape index (κ1) is 35.0. The molecule has 11 rings (SSSR count). The Bertz CT molecular complexity index is 3170. The second-order valence-electron chi connectivity index (χ2n) is 16.3. The molecule has 2 heteroatoms. The van der Waals surface area contributed by atoms with Crippen molar-refractivity contribution < 1.29 is 0 Å². The lowest BCUT2D eigenvalue weighted by Gasteiger charge is -2.42. The number of fused-ring (bicyclic) bond motifs is 6. The number of anilines is 2. The lowest BCUT2D eigenvalue weighted by molar-refractivity contribution is 0.443. The van der Waals surface area contributed by atoms with Gasteiger partial charge in [-0.3, -0.25) is 0 Å². The standard InChI is InChI=1S/C57H44N2/c1-57(52-29-14-30-53-56(52)55-51-27-11-9-19-42(51)33-36-54(55)59(53)45-22-6-3-7-23-45)37-15-25-48(39-57)58(47-24-12-21-44(38-47)40-16-4-2-5-17-40)46-34-31-43(32-35-46)50-28-13-20-41-18-8-10-26-49(41)50/h2-24,26-38,48H,25,39H2,1H3. The van der Waals surface area contributed by atoms with Gasteiger partial charge in [0.15, 0.2) is 0 Å². The van der Waals surface area contributed by atoms with Gasteiger partial charge in [0.25, 0.3) is 0 Å². The van der Waals surface area contributed by atoms with Crippen LogP contribution in [0.4, 0.5) is 11.4 Å². The Morgan fingerprint density at radius 3 is 1.95 bits per heavy atom. The van der Waals surface area contributed by atoms with Crippen molar-refractivity contribution in [1.29, 1.82) is 0 Å². The summed E-state index contributed by atoms with van der Waals surface area (Å²) in [5.74, 6) is 0. The van der Waals surface area contributed by atoms with Crippen molar-refractivity contribution in [2.75, 3.05) is 4.90 Å². The summed E-state index contributed by atoms with van der Waals surface area (Å²) >= 11 is 0. The molecule has 1 aliphatic rings. The van der Waals surface area contributed by atoms with E-state index in [9.17, 15) is 0 Å². The number of aromatic nitrogens is 1. The van der Waals surface area contributed by atoms with Crippen LogP contribution in [0.15, 0.2) is 218 Å². The van der Waals surface area contributed by atoms with Crippen LogP contribution in [0.25, 0.3) is 71.3 Å². The Kier molecular flexibility index (Phi) is 8.52. The summed E-state index contributed by atoms with van der Waals surface area (Å²) in [7, 11) is 0. The van der Waals surface area contributed by atoms with Crippen LogP contribution in [0, 0.1) is 0 Å². The summed E-state index contributed by atoms with van der Waals surface area (Å²) in [6, 6.07) is 76.0. The van der Waals surface area contributed by atoms with Crippen LogP contribution in [0.3, 0.4) is 0 Å². The lowest BCUT2D eigenvalue weighted by atomic mass is 9.71. The highest BCUT2D eigenvalue weighted by Crippen LogP contribution is 2.47. The molecule has 10 aromatic rings. The predicted octanol–water partition coefficient (Wildman–Crippen LogP) is 15.2. The first-order valence-electron chi connectivity index (χ1n) is 20.8. The van der Waals surface area contributed by atoms with Gasteiger partial charge in [0, 0.05) is 39.3 Å². The van der Waals surface area contributed by atoms with E-state index in [0.717, 1.165) is 12.8 Å². The highest BCUT2D eigenvalue weighted by Gasteiger charge is 2.36. The SMILES string of the molecule is CC1(c2cccc3c2c2c4ccccc4ccc2n3-c2ccccc2)C=CCC(N(c2ccc(-c3cccc4ccccc34)cc2)c2cccc(-c3ccccc3)c2)C1. The molecule has 0 amide bonds. The molecule has 2 nitrogen and oxygen atoms in total. The third-order valence-corrected chi connectivity index (χ3v) is 12.7. The number of para-hydroxylation sites is 1.